The third-order valence-electron chi connectivity index (χ3n) is 4.23. The Balaban J connectivity index is 2.13. The lowest BCUT2D eigenvalue weighted by molar-refractivity contribution is -0.123. The molecule has 4 heteroatoms. The van der Waals surface area contributed by atoms with Gasteiger partial charge in [-0.1, -0.05) is 26.7 Å². The molecule has 1 heterocycles. The average Bonchev–Trinajstić information content (AvgIpc) is 2.38. The number of carbonyl (C=O) groups excluding carboxylic acids is 1. The summed E-state index contributed by atoms with van der Waals surface area (Å²) in [6, 6.07) is 0.294. The summed E-state index contributed by atoms with van der Waals surface area (Å²) in [5.41, 5.74) is 5.69. The monoisotopic (exact) mass is 283 g/mol. The van der Waals surface area contributed by atoms with Crippen molar-refractivity contribution in [1.29, 1.82) is 0 Å². The molecule has 118 valence electrons. The molecule has 1 aliphatic rings. The van der Waals surface area contributed by atoms with Crippen LogP contribution in [0.25, 0.3) is 0 Å². The molecule has 0 aromatic carbocycles. The molecular weight excluding hydrogens is 250 g/mol. The van der Waals surface area contributed by atoms with Crippen molar-refractivity contribution in [3.63, 3.8) is 0 Å². The van der Waals surface area contributed by atoms with Gasteiger partial charge in [-0.25, -0.2) is 0 Å². The van der Waals surface area contributed by atoms with Crippen LogP contribution in [0.5, 0.6) is 0 Å². The van der Waals surface area contributed by atoms with Crippen LogP contribution < -0.4 is 11.1 Å². The van der Waals surface area contributed by atoms with E-state index in [1.54, 1.807) is 0 Å². The summed E-state index contributed by atoms with van der Waals surface area (Å²) in [6.45, 7) is 9.95. The first-order valence-electron chi connectivity index (χ1n) is 8.23. The molecule has 1 aliphatic heterocycles. The fraction of sp³-hybridized carbons (Fsp3) is 0.938. The summed E-state index contributed by atoms with van der Waals surface area (Å²) in [6.07, 6.45) is 5.79. The predicted octanol–water partition coefficient (Wildman–Crippen LogP) is 1.99. The maximum absolute atomic E-state index is 12.0. The number of hydrogen-bond donors (Lipinski definition) is 2. The van der Waals surface area contributed by atoms with Gasteiger partial charge in [0.05, 0.1) is 6.54 Å². The van der Waals surface area contributed by atoms with Crippen LogP contribution in [0.2, 0.25) is 0 Å². The highest BCUT2D eigenvalue weighted by Gasteiger charge is 2.20. The zero-order valence-corrected chi connectivity index (χ0v) is 13.5. The van der Waals surface area contributed by atoms with Crippen molar-refractivity contribution in [3.05, 3.63) is 0 Å². The van der Waals surface area contributed by atoms with Crippen molar-refractivity contribution in [1.82, 2.24) is 10.2 Å². The Morgan fingerprint density at radius 1 is 1.25 bits per heavy atom. The standard InChI is InChI=1S/C16H33N3O/c1-13(2)5-4-6-14(3)18-16(20)12-19-9-7-15(11-17)8-10-19/h13-15H,4-12,17H2,1-3H3,(H,18,20). The lowest BCUT2D eigenvalue weighted by Gasteiger charge is -2.31. The quantitative estimate of drug-likeness (QED) is 0.716. The van der Waals surface area contributed by atoms with E-state index in [4.69, 9.17) is 5.73 Å². The van der Waals surface area contributed by atoms with Crippen LogP contribution >= 0.6 is 0 Å². The van der Waals surface area contributed by atoms with Gasteiger partial charge in [-0.3, -0.25) is 9.69 Å². The molecule has 20 heavy (non-hydrogen) atoms. The van der Waals surface area contributed by atoms with Crippen LogP contribution in [-0.2, 0) is 4.79 Å². The van der Waals surface area contributed by atoms with Crippen molar-refractivity contribution < 1.29 is 4.79 Å². The van der Waals surface area contributed by atoms with Crippen molar-refractivity contribution in [2.45, 2.75) is 58.9 Å². The van der Waals surface area contributed by atoms with Crippen LogP contribution in [0.15, 0.2) is 0 Å². The summed E-state index contributed by atoms with van der Waals surface area (Å²) in [4.78, 5) is 14.2. The second-order valence-electron chi connectivity index (χ2n) is 6.75. The van der Waals surface area contributed by atoms with Crippen LogP contribution in [-0.4, -0.2) is 43.0 Å². The molecule has 0 saturated carbocycles. The molecule has 0 spiro atoms. The van der Waals surface area contributed by atoms with Gasteiger partial charge in [-0.15, -0.1) is 0 Å². The van der Waals surface area contributed by atoms with Gasteiger partial charge in [-0.2, -0.15) is 0 Å². The highest BCUT2D eigenvalue weighted by Crippen LogP contribution is 2.15. The SMILES string of the molecule is CC(C)CCCC(C)NC(=O)CN1CCC(CN)CC1. The molecule has 1 amide bonds. The Kier molecular flexibility index (Phi) is 8.15. The van der Waals surface area contributed by atoms with Crippen LogP contribution in [0, 0.1) is 11.8 Å². The number of hydrogen-bond acceptors (Lipinski definition) is 3. The normalized spacial score (nSPS) is 19.2. The smallest absolute Gasteiger partial charge is 0.234 e. The zero-order valence-electron chi connectivity index (χ0n) is 13.5. The van der Waals surface area contributed by atoms with Gasteiger partial charge in [0.1, 0.15) is 0 Å². The molecule has 3 N–H and O–H groups in total. The zero-order chi connectivity index (χ0) is 15.0. The van der Waals surface area contributed by atoms with E-state index in [-0.39, 0.29) is 5.91 Å². The molecule has 1 fully saturated rings. The van der Waals surface area contributed by atoms with Crippen molar-refractivity contribution >= 4 is 5.91 Å². The van der Waals surface area contributed by atoms with Crippen molar-refractivity contribution in [2.24, 2.45) is 17.6 Å². The maximum atomic E-state index is 12.0. The van der Waals surface area contributed by atoms with Crippen LogP contribution in [0.3, 0.4) is 0 Å². The lowest BCUT2D eigenvalue weighted by Crippen LogP contribution is -2.44. The van der Waals surface area contributed by atoms with Gasteiger partial charge in [0.2, 0.25) is 5.91 Å². The summed E-state index contributed by atoms with van der Waals surface area (Å²) in [7, 11) is 0. The highest BCUT2D eigenvalue weighted by atomic mass is 16.2. The first-order valence-corrected chi connectivity index (χ1v) is 8.23. The number of piperidine rings is 1. The highest BCUT2D eigenvalue weighted by molar-refractivity contribution is 5.78. The third kappa shape index (κ3) is 7.25. The minimum absolute atomic E-state index is 0.174. The number of nitrogens with zero attached hydrogens (tertiary/aromatic N) is 1. The van der Waals surface area contributed by atoms with Gasteiger partial charge < -0.3 is 11.1 Å². The molecule has 1 unspecified atom stereocenters. The number of amides is 1. The largest absolute Gasteiger partial charge is 0.353 e. The molecule has 0 bridgehead atoms. The van der Waals surface area contributed by atoms with Gasteiger partial charge in [0.15, 0.2) is 0 Å². The van der Waals surface area contributed by atoms with Crippen LogP contribution in [0.1, 0.15) is 52.9 Å². The Morgan fingerprint density at radius 3 is 2.45 bits per heavy atom. The fourth-order valence-corrected chi connectivity index (χ4v) is 2.81. The topological polar surface area (TPSA) is 58.4 Å². The van der Waals surface area contributed by atoms with Crippen molar-refractivity contribution in [3.8, 4) is 0 Å². The maximum Gasteiger partial charge on any atom is 0.234 e. The predicted molar refractivity (Wildman–Crippen MR) is 84.5 cm³/mol. The Morgan fingerprint density at radius 2 is 1.90 bits per heavy atom. The summed E-state index contributed by atoms with van der Waals surface area (Å²) in [5, 5.41) is 3.12. The first-order chi connectivity index (χ1) is 9.51. The summed E-state index contributed by atoms with van der Waals surface area (Å²) >= 11 is 0. The van der Waals surface area contributed by atoms with Gasteiger partial charge in [-0.05, 0) is 57.7 Å². The van der Waals surface area contributed by atoms with Gasteiger partial charge in [0, 0.05) is 6.04 Å². The Hall–Kier alpha value is -0.610. The van der Waals surface area contributed by atoms with E-state index in [1.165, 1.54) is 12.8 Å². The number of rotatable bonds is 8. The minimum atomic E-state index is 0.174. The third-order valence-corrected chi connectivity index (χ3v) is 4.23. The van der Waals surface area contributed by atoms with E-state index in [0.717, 1.165) is 44.8 Å². The number of nitrogens with two attached hydrogens (primary N) is 1. The van der Waals surface area contributed by atoms with E-state index in [0.29, 0.717) is 18.5 Å². The van der Waals surface area contributed by atoms with E-state index >= 15 is 0 Å². The van der Waals surface area contributed by atoms with E-state index in [2.05, 4.69) is 31.0 Å². The average molecular weight is 283 g/mol. The van der Waals surface area contributed by atoms with Crippen LogP contribution in [0.4, 0.5) is 0 Å². The fourth-order valence-electron chi connectivity index (χ4n) is 2.81. The number of carbonyl (C=O) groups is 1. The molecule has 4 nitrogen and oxygen atoms in total. The van der Waals surface area contributed by atoms with Gasteiger partial charge in [0.25, 0.3) is 0 Å². The molecule has 0 radical (unpaired) electrons. The summed E-state index contributed by atoms with van der Waals surface area (Å²) < 4.78 is 0. The van der Waals surface area contributed by atoms with E-state index in [1.807, 2.05) is 0 Å². The molecule has 1 atom stereocenters. The second-order valence-corrected chi connectivity index (χ2v) is 6.75. The molecular formula is C16H33N3O. The van der Waals surface area contributed by atoms with Gasteiger partial charge >= 0.3 is 0 Å². The molecule has 0 aromatic heterocycles. The minimum Gasteiger partial charge on any atom is -0.353 e. The lowest BCUT2D eigenvalue weighted by atomic mass is 9.97. The van der Waals surface area contributed by atoms with Crippen molar-refractivity contribution in [2.75, 3.05) is 26.2 Å². The number of nitrogens with one attached hydrogen (secondary N) is 1. The van der Waals surface area contributed by atoms with E-state index in [9.17, 15) is 4.79 Å². The number of likely N-dealkylation sites (tertiary alicyclic amines) is 1. The Bertz CT molecular complexity index is 273. The summed E-state index contributed by atoms with van der Waals surface area (Å²) in [5.74, 6) is 1.58. The first kappa shape index (κ1) is 17.4. The molecule has 0 aromatic rings. The van der Waals surface area contributed by atoms with E-state index < -0.39 is 0 Å². The Labute approximate surface area is 124 Å². The molecule has 1 rings (SSSR count). The molecule has 1 saturated heterocycles. The molecule has 0 aliphatic carbocycles. The second kappa shape index (κ2) is 9.35.